The molecule has 2 saturated heterocycles. The van der Waals surface area contributed by atoms with Crippen LogP contribution in [-0.2, 0) is 18.9 Å². The number of aliphatic hydroxyl groups is 7. The van der Waals surface area contributed by atoms with Crippen molar-refractivity contribution in [2.75, 3.05) is 13.7 Å². The van der Waals surface area contributed by atoms with Gasteiger partial charge in [0.05, 0.1) is 12.7 Å². The maximum atomic E-state index is 10.2. The van der Waals surface area contributed by atoms with E-state index in [-0.39, 0.29) is 6.42 Å². The Labute approximate surface area is 150 Å². The third-order valence-electron chi connectivity index (χ3n) is 4.77. The van der Waals surface area contributed by atoms with Gasteiger partial charge in [0.2, 0.25) is 0 Å². The van der Waals surface area contributed by atoms with Gasteiger partial charge in [-0.1, -0.05) is 6.92 Å². The van der Waals surface area contributed by atoms with Crippen LogP contribution in [0.15, 0.2) is 0 Å². The molecule has 0 aromatic heterocycles. The summed E-state index contributed by atoms with van der Waals surface area (Å²) >= 11 is 0. The van der Waals surface area contributed by atoms with Gasteiger partial charge in [-0.25, -0.2) is 0 Å². The summed E-state index contributed by atoms with van der Waals surface area (Å²) in [6, 6.07) is 0. The van der Waals surface area contributed by atoms with Gasteiger partial charge in [0, 0.05) is 7.11 Å². The fourth-order valence-electron chi connectivity index (χ4n) is 3.13. The third kappa shape index (κ3) is 4.18. The van der Waals surface area contributed by atoms with Gasteiger partial charge in [-0.05, 0) is 6.42 Å². The summed E-state index contributed by atoms with van der Waals surface area (Å²) in [6.45, 7) is 1.07. The third-order valence-corrected chi connectivity index (χ3v) is 4.77. The van der Waals surface area contributed by atoms with Crippen LogP contribution in [0.5, 0.6) is 0 Å². The molecule has 154 valence electrons. The zero-order chi connectivity index (χ0) is 19.6. The SMILES string of the molecule is CC[C@@H](O[C@H]1O[C@H](CO)[C@@H](O)[C@H](O)[C@H]1O)[C@H]1O[C@H](OC)[C@H](O)[C@@H](O)[C@@H]1O. The van der Waals surface area contributed by atoms with Crippen molar-refractivity contribution in [2.45, 2.75) is 80.9 Å². The highest BCUT2D eigenvalue weighted by molar-refractivity contribution is 4.94. The van der Waals surface area contributed by atoms with E-state index in [1.165, 1.54) is 7.11 Å². The lowest BCUT2D eigenvalue weighted by Gasteiger charge is -2.45. The number of methoxy groups -OCH3 is 1. The van der Waals surface area contributed by atoms with Crippen molar-refractivity contribution in [2.24, 2.45) is 0 Å². The van der Waals surface area contributed by atoms with E-state index in [4.69, 9.17) is 18.9 Å². The molecule has 2 rings (SSSR count). The Bertz CT molecular complexity index is 434. The van der Waals surface area contributed by atoms with Gasteiger partial charge < -0.3 is 54.7 Å². The number of ether oxygens (including phenoxy) is 4. The summed E-state index contributed by atoms with van der Waals surface area (Å²) in [7, 11) is 1.26. The number of aliphatic hydroxyl groups excluding tert-OH is 7. The first-order chi connectivity index (χ1) is 12.3. The Kier molecular flexibility index (Phi) is 7.71. The van der Waals surface area contributed by atoms with E-state index in [0.29, 0.717) is 0 Å². The van der Waals surface area contributed by atoms with Crippen molar-refractivity contribution >= 4 is 0 Å². The van der Waals surface area contributed by atoms with Gasteiger partial charge in [-0.3, -0.25) is 0 Å². The lowest BCUT2D eigenvalue weighted by Crippen LogP contribution is -2.63. The Hall–Kier alpha value is -0.440. The largest absolute Gasteiger partial charge is 0.394 e. The molecule has 0 radical (unpaired) electrons. The van der Waals surface area contributed by atoms with E-state index >= 15 is 0 Å². The van der Waals surface area contributed by atoms with E-state index in [1.54, 1.807) is 6.92 Å². The Balaban J connectivity index is 2.12. The highest BCUT2D eigenvalue weighted by atomic mass is 16.7. The molecule has 0 bridgehead atoms. The van der Waals surface area contributed by atoms with E-state index in [1.807, 2.05) is 0 Å². The predicted octanol–water partition coefficient (Wildman–Crippen LogP) is -3.96. The minimum absolute atomic E-state index is 0.246. The summed E-state index contributed by atoms with van der Waals surface area (Å²) in [4.78, 5) is 0. The maximum Gasteiger partial charge on any atom is 0.187 e. The Morgan fingerprint density at radius 3 is 1.92 bits per heavy atom. The van der Waals surface area contributed by atoms with Crippen molar-refractivity contribution in [1.29, 1.82) is 0 Å². The summed E-state index contributed by atoms with van der Waals surface area (Å²) in [5.41, 5.74) is 0. The summed E-state index contributed by atoms with van der Waals surface area (Å²) < 4.78 is 21.3. The molecule has 0 spiro atoms. The molecule has 11 nitrogen and oxygen atoms in total. The Morgan fingerprint density at radius 2 is 1.38 bits per heavy atom. The van der Waals surface area contributed by atoms with Crippen LogP contribution in [0.4, 0.5) is 0 Å². The van der Waals surface area contributed by atoms with Crippen molar-refractivity contribution in [3.05, 3.63) is 0 Å². The molecule has 2 fully saturated rings. The summed E-state index contributed by atoms with van der Waals surface area (Å²) in [5.74, 6) is 0. The average molecular weight is 384 g/mol. The molecule has 7 N–H and O–H groups in total. The van der Waals surface area contributed by atoms with Crippen LogP contribution in [0.25, 0.3) is 0 Å². The second kappa shape index (κ2) is 9.17. The predicted molar refractivity (Wildman–Crippen MR) is 82.6 cm³/mol. The fourth-order valence-corrected chi connectivity index (χ4v) is 3.13. The smallest absolute Gasteiger partial charge is 0.187 e. The molecule has 2 aliphatic heterocycles. The maximum absolute atomic E-state index is 10.2. The molecule has 11 heteroatoms. The second-order valence-corrected chi connectivity index (χ2v) is 6.46. The van der Waals surface area contributed by atoms with Gasteiger partial charge in [-0.15, -0.1) is 0 Å². The van der Waals surface area contributed by atoms with E-state index in [2.05, 4.69) is 0 Å². The number of hydrogen-bond donors (Lipinski definition) is 7. The molecular weight excluding hydrogens is 356 g/mol. The summed E-state index contributed by atoms with van der Waals surface area (Å²) in [5, 5.41) is 68.9. The lowest BCUT2D eigenvalue weighted by molar-refractivity contribution is -0.345. The molecule has 0 aromatic carbocycles. The average Bonchev–Trinajstić information content (AvgIpc) is 2.64. The molecule has 0 amide bonds. The van der Waals surface area contributed by atoms with Gasteiger partial charge in [-0.2, -0.15) is 0 Å². The summed E-state index contributed by atoms with van der Waals surface area (Å²) in [6.07, 6.45) is -14.8. The standard InChI is InChI=1S/C15H28O11/c1-3-5(13-10(20)9(19)11(21)14(23-2)26-13)24-15-12(22)8(18)7(17)6(4-16)25-15/h5-22H,3-4H2,1-2H3/t5-,6-,7-,8+,9+,10+,11-,12-,13-,14+,15+/m1/s1. The van der Waals surface area contributed by atoms with Gasteiger partial charge >= 0.3 is 0 Å². The second-order valence-electron chi connectivity index (χ2n) is 6.46. The number of rotatable bonds is 6. The van der Waals surface area contributed by atoms with E-state index < -0.39 is 74.1 Å². The monoisotopic (exact) mass is 384 g/mol. The first-order valence-electron chi connectivity index (χ1n) is 8.45. The molecule has 2 aliphatic rings. The lowest BCUT2D eigenvalue weighted by atomic mass is 9.94. The van der Waals surface area contributed by atoms with Crippen LogP contribution in [0.1, 0.15) is 13.3 Å². The molecule has 0 aliphatic carbocycles. The molecule has 2 heterocycles. The van der Waals surface area contributed by atoms with Crippen molar-refractivity contribution in [1.82, 2.24) is 0 Å². The van der Waals surface area contributed by atoms with E-state index in [0.717, 1.165) is 0 Å². The quantitative estimate of drug-likeness (QED) is 0.237. The first-order valence-corrected chi connectivity index (χ1v) is 8.45. The van der Waals surface area contributed by atoms with E-state index in [9.17, 15) is 35.7 Å². The number of hydrogen-bond acceptors (Lipinski definition) is 11. The molecule has 0 aromatic rings. The molecule has 11 atom stereocenters. The van der Waals surface area contributed by atoms with Crippen LogP contribution in [-0.4, -0.2) is 117 Å². The zero-order valence-electron chi connectivity index (χ0n) is 14.5. The van der Waals surface area contributed by atoms with Crippen LogP contribution in [0.2, 0.25) is 0 Å². The normalized spacial score (nSPS) is 48.3. The molecular formula is C15H28O11. The highest BCUT2D eigenvalue weighted by Gasteiger charge is 2.50. The first kappa shape index (κ1) is 21.9. The molecule has 26 heavy (non-hydrogen) atoms. The van der Waals surface area contributed by atoms with Crippen LogP contribution in [0.3, 0.4) is 0 Å². The molecule has 0 saturated carbocycles. The van der Waals surface area contributed by atoms with Crippen molar-refractivity contribution in [3.63, 3.8) is 0 Å². The van der Waals surface area contributed by atoms with Crippen LogP contribution >= 0.6 is 0 Å². The topological polar surface area (TPSA) is 179 Å². The zero-order valence-corrected chi connectivity index (χ0v) is 14.5. The Morgan fingerprint density at radius 1 is 0.808 bits per heavy atom. The van der Waals surface area contributed by atoms with Crippen molar-refractivity contribution in [3.8, 4) is 0 Å². The molecule has 0 unspecified atom stereocenters. The van der Waals surface area contributed by atoms with Gasteiger partial charge in [0.1, 0.15) is 48.8 Å². The van der Waals surface area contributed by atoms with Crippen molar-refractivity contribution < 1.29 is 54.7 Å². The van der Waals surface area contributed by atoms with Crippen LogP contribution in [0, 0.1) is 0 Å². The van der Waals surface area contributed by atoms with Gasteiger partial charge in [0.25, 0.3) is 0 Å². The minimum Gasteiger partial charge on any atom is -0.394 e. The highest BCUT2D eigenvalue weighted by Crippen LogP contribution is 2.29. The fraction of sp³-hybridized carbons (Fsp3) is 1.00. The van der Waals surface area contributed by atoms with Crippen LogP contribution < -0.4 is 0 Å². The minimum atomic E-state index is -1.61. The van der Waals surface area contributed by atoms with Gasteiger partial charge in [0.15, 0.2) is 12.6 Å².